The molecular weight excluding hydrogens is 374 g/mol. The van der Waals surface area contributed by atoms with Crippen LogP contribution in [0.3, 0.4) is 0 Å². The molecule has 6 heteroatoms. The maximum Gasteiger partial charge on any atom is 0.150 e. The summed E-state index contributed by atoms with van der Waals surface area (Å²) < 4.78 is 0. The Morgan fingerprint density at radius 3 is 2.63 bits per heavy atom. The number of aromatic nitrogens is 1. The van der Waals surface area contributed by atoms with E-state index in [9.17, 15) is 4.79 Å². The number of carbonyl (C=O) groups is 1. The molecule has 0 radical (unpaired) electrons. The zero-order valence-electron chi connectivity index (χ0n) is 17.3. The van der Waals surface area contributed by atoms with Crippen molar-refractivity contribution in [2.24, 2.45) is 0 Å². The molecule has 6 nitrogen and oxygen atoms in total. The minimum Gasteiger partial charge on any atom is -0.370 e. The van der Waals surface area contributed by atoms with Crippen molar-refractivity contribution in [2.45, 2.75) is 56.7 Å². The lowest BCUT2D eigenvalue weighted by atomic mass is 9.89. The van der Waals surface area contributed by atoms with Crippen molar-refractivity contribution in [3.8, 4) is 6.07 Å². The molecule has 1 aromatic carbocycles. The molecule has 1 aliphatic carbocycles. The largest absolute Gasteiger partial charge is 0.370 e. The van der Waals surface area contributed by atoms with E-state index >= 15 is 0 Å². The van der Waals surface area contributed by atoms with Gasteiger partial charge in [-0.3, -0.25) is 4.79 Å². The predicted octanol–water partition coefficient (Wildman–Crippen LogP) is 3.75. The number of nitrogens with zero attached hydrogens (tertiary/aromatic N) is 3. The van der Waals surface area contributed by atoms with Gasteiger partial charge < -0.3 is 15.5 Å². The highest BCUT2D eigenvalue weighted by atomic mass is 16.1. The molecule has 2 N–H and O–H groups in total. The number of anilines is 2. The normalized spacial score (nSPS) is 24.1. The molecule has 2 aromatic rings. The smallest absolute Gasteiger partial charge is 0.150 e. The van der Waals surface area contributed by atoms with E-state index in [2.05, 4.69) is 38.7 Å². The van der Waals surface area contributed by atoms with E-state index in [0.29, 0.717) is 29.3 Å². The number of aldehydes is 1. The minimum absolute atomic E-state index is 0.318. The Kier molecular flexibility index (Phi) is 6.60. The summed E-state index contributed by atoms with van der Waals surface area (Å²) in [5, 5.41) is 16.5. The van der Waals surface area contributed by atoms with Crippen LogP contribution >= 0.6 is 0 Å². The summed E-state index contributed by atoms with van der Waals surface area (Å²) in [7, 11) is 0. The van der Waals surface area contributed by atoms with Crippen LogP contribution in [0.1, 0.15) is 54.4 Å². The lowest BCUT2D eigenvalue weighted by molar-refractivity contribution is 0.112. The van der Waals surface area contributed by atoms with Crippen molar-refractivity contribution in [2.75, 3.05) is 23.3 Å². The second-order valence-electron chi connectivity index (χ2n) is 8.34. The molecule has 4 rings (SSSR count). The van der Waals surface area contributed by atoms with E-state index in [0.717, 1.165) is 44.5 Å². The van der Waals surface area contributed by atoms with Crippen molar-refractivity contribution in [1.29, 1.82) is 5.26 Å². The van der Waals surface area contributed by atoms with Crippen LogP contribution in [0.15, 0.2) is 42.6 Å². The number of hydrogen-bond donors (Lipinski definition) is 2. The highest BCUT2D eigenvalue weighted by Crippen LogP contribution is 2.25. The molecule has 0 amide bonds. The van der Waals surface area contributed by atoms with Crippen LogP contribution in [0.4, 0.5) is 11.5 Å². The van der Waals surface area contributed by atoms with Crippen molar-refractivity contribution in [3.63, 3.8) is 0 Å². The second-order valence-corrected chi connectivity index (χ2v) is 8.34. The van der Waals surface area contributed by atoms with Gasteiger partial charge in [0, 0.05) is 48.7 Å². The fourth-order valence-corrected chi connectivity index (χ4v) is 4.69. The molecule has 30 heavy (non-hydrogen) atoms. The van der Waals surface area contributed by atoms with Gasteiger partial charge in [-0.25, -0.2) is 4.98 Å². The molecule has 2 fully saturated rings. The summed E-state index contributed by atoms with van der Waals surface area (Å²) in [6.45, 7) is 2.03. The Morgan fingerprint density at radius 1 is 1.07 bits per heavy atom. The zero-order valence-corrected chi connectivity index (χ0v) is 17.3. The molecule has 1 aromatic heterocycles. The van der Waals surface area contributed by atoms with Crippen molar-refractivity contribution < 1.29 is 4.79 Å². The topological polar surface area (TPSA) is 81.0 Å². The third-order valence-corrected chi connectivity index (χ3v) is 6.25. The number of nitrogens with one attached hydrogen (secondary N) is 2. The third kappa shape index (κ3) is 4.98. The number of carbonyl (C=O) groups excluding carboxylic acids is 1. The van der Waals surface area contributed by atoms with Crippen LogP contribution < -0.4 is 15.5 Å². The number of nitriles is 1. The highest BCUT2D eigenvalue weighted by molar-refractivity contribution is 5.76. The maximum atomic E-state index is 11.1. The number of piperidine rings is 1. The molecule has 1 saturated carbocycles. The van der Waals surface area contributed by atoms with Crippen LogP contribution in [-0.2, 0) is 0 Å². The van der Waals surface area contributed by atoms with Crippen molar-refractivity contribution in [1.82, 2.24) is 10.3 Å². The van der Waals surface area contributed by atoms with Crippen molar-refractivity contribution in [3.05, 3.63) is 53.7 Å². The highest BCUT2D eigenvalue weighted by Gasteiger charge is 2.29. The SMILES string of the molecule is N#Cc1ccc(N2CCCC(N[C@@H]3CCCC[C@H]3Nc3cc(C=O)ccn3)C2)cc1. The van der Waals surface area contributed by atoms with Crippen LogP contribution in [-0.4, -0.2) is 42.5 Å². The van der Waals surface area contributed by atoms with Gasteiger partial charge in [-0.1, -0.05) is 12.8 Å². The van der Waals surface area contributed by atoms with Gasteiger partial charge in [0.2, 0.25) is 0 Å². The standard InChI is InChI=1S/C24H29N5O/c25-15-18-7-9-21(10-8-18)29-13-3-4-20(16-29)27-22-5-1-2-6-23(22)28-24-14-19(17-30)11-12-26-24/h7-12,14,17,20,22-23,27H,1-6,13,16H2,(H,26,28)/t20?,22-,23-/m1/s1. The van der Waals surface area contributed by atoms with E-state index in [1.807, 2.05) is 18.2 Å². The van der Waals surface area contributed by atoms with E-state index in [1.54, 1.807) is 12.3 Å². The fourth-order valence-electron chi connectivity index (χ4n) is 4.69. The van der Waals surface area contributed by atoms with E-state index in [4.69, 9.17) is 5.26 Å². The van der Waals surface area contributed by atoms with Crippen LogP contribution in [0.5, 0.6) is 0 Å². The zero-order chi connectivity index (χ0) is 20.8. The molecule has 0 bridgehead atoms. The monoisotopic (exact) mass is 403 g/mol. The van der Waals surface area contributed by atoms with Gasteiger partial charge in [0.05, 0.1) is 11.6 Å². The summed E-state index contributed by atoms with van der Waals surface area (Å²) >= 11 is 0. The summed E-state index contributed by atoms with van der Waals surface area (Å²) in [4.78, 5) is 17.9. The number of benzene rings is 1. The maximum absolute atomic E-state index is 11.1. The number of rotatable bonds is 6. The number of hydrogen-bond acceptors (Lipinski definition) is 6. The first-order chi connectivity index (χ1) is 14.7. The average molecular weight is 404 g/mol. The van der Waals surface area contributed by atoms with Gasteiger partial charge in [-0.15, -0.1) is 0 Å². The fraction of sp³-hybridized carbons (Fsp3) is 0.458. The Bertz CT molecular complexity index is 891. The molecule has 1 saturated heterocycles. The molecule has 0 spiro atoms. The van der Waals surface area contributed by atoms with Gasteiger partial charge in [0.1, 0.15) is 12.1 Å². The Morgan fingerprint density at radius 2 is 1.87 bits per heavy atom. The second kappa shape index (κ2) is 9.73. The molecule has 156 valence electrons. The quantitative estimate of drug-likeness (QED) is 0.715. The van der Waals surface area contributed by atoms with Gasteiger partial charge in [-0.2, -0.15) is 5.26 Å². The minimum atomic E-state index is 0.318. The van der Waals surface area contributed by atoms with Gasteiger partial charge in [0.25, 0.3) is 0 Å². The molecule has 2 aliphatic rings. The first kappa shape index (κ1) is 20.4. The van der Waals surface area contributed by atoms with Crippen LogP contribution in [0, 0.1) is 11.3 Å². The van der Waals surface area contributed by atoms with Gasteiger partial charge in [0.15, 0.2) is 0 Å². The van der Waals surface area contributed by atoms with Crippen molar-refractivity contribution >= 4 is 17.8 Å². The predicted molar refractivity (Wildman–Crippen MR) is 119 cm³/mol. The third-order valence-electron chi connectivity index (χ3n) is 6.25. The first-order valence-corrected chi connectivity index (χ1v) is 10.9. The Labute approximate surface area is 178 Å². The summed E-state index contributed by atoms with van der Waals surface area (Å²) in [5.41, 5.74) is 2.54. The molecular formula is C24H29N5O. The summed E-state index contributed by atoms with van der Waals surface area (Å²) in [6.07, 6.45) is 9.60. The van der Waals surface area contributed by atoms with E-state index in [1.165, 1.54) is 24.9 Å². The summed E-state index contributed by atoms with van der Waals surface area (Å²) in [5.74, 6) is 0.779. The summed E-state index contributed by atoms with van der Waals surface area (Å²) in [6, 6.07) is 14.8. The van der Waals surface area contributed by atoms with E-state index < -0.39 is 0 Å². The molecule has 1 aliphatic heterocycles. The lowest BCUT2D eigenvalue weighted by Gasteiger charge is -2.40. The van der Waals surface area contributed by atoms with Gasteiger partial charge >= 0.3 is 0 Å². The Balaban J connectivity index is 1.39. The molecule has 2 heterocycles. The first-order valence-electron chi connectivity index (χ1n) is 10.9. The number of pyridine rings is 1. The Hall–Kier alpha value is -2.91. The van der Waals surface area contributed by atoms with Crippen LogP contribution in [0.25, 0.3) is 0 Å². The molecule has 1 unspecified atom stereocenters. The average Bonchev–Trinajstić information content (AvgIpc) is 2.81. The van der Waals surface area contributed by atoms with E-state index in [-0.39, 0.29) is 0 Å². The lowest BCUT2D eigenvalue weighted by Crippen LogP contribution is -2.55. The van der Waals surface area contributed by atoms with Crippen LogP contribution in [0.2, 0.25) is 0 Å². The van der Waals surface area contributed by atoms with Gasteiger partial charge in [-0.05, 0) is 62.1 Å². The molecule has 3 atom stereocenters.